The van der Waals surface area contributed by atoms with E-state index in [1.807, 2.05) is 0 Å². The number of halogens is 2. The number of H-pyrrole nitrogens is 1. The van der Waals surface area contributed by atoms with E-state index < -0.39 is 23.0 Å². The second kappa shape index (κ2) is 9.73. The van der Waals surface area contributed by atoms with E-state index in [1.165, 1.54) is 10.8 Å². The van der Waals surface area contributed by atoms with Crippen molar-refractivity contribution in [2.45, 2.75) is 18.9 Å². The monoisotopic (exact) mass is 587 g/mol. The number of carboxylic acid groups (broad SMARTS) is 1. The molecule has 5 heterocycles. The van der Waals surface area contributed by atoms with Crippen molar-refractivity contribution in [1.82, 2.24) is 24.4 Å². The molecule has 0 bridgehead atoms. The van der Waals surface area contributed by atoms with Crippen LogP contribution in [0.4, 0.5) is 20.2 Å². The van der Waals surface area contributed by atoms with Gasteiger partial charge in [-0.15, -0.1) is 0 Å². The molecule has 2 aliphatic rings. The van der Waals surface area contributed by atoms with Crippen molar-refractivity contribution in [3.8, 4) is 11.1 Å². The van der Waals surface area contributed by atoms with Gasteiger partial charge in [0.1, 0.15) is 16.9 Å². The van der Waals surface area contributed by atoms with Crippen molar-refractivity contribution in [2.24, 2.45) is 18.9 Å². The number of hydrogen-bond donors (Lipinski definition) is 3. The summed E-state index contributed by atoms with van der Waals surface area (Å²) >= 11 is 0. The zero-order valence-corrected chi connectivity index (χ0v) is 24.2. The molecule has 1 aliphatic heterocycles. The molecule has 1 saturated heterocycles. The summed E-state index contributed by atoms with van der Waals surface area (Å²) in [4.78, 5) is 41.9. The minimum atomic E-state index is -1.33. The molecule has 1 saturated carbocycles. The predicted molar refractivity (Wildman–Crippen MR) is 162 cm³/mol. The van der Waals surface area contributed by atoms with Crippen LogP contribution in [0.1, 0.15) is 23.2 Å². The number of hydrogen-bond acceptors (Lipinski definition) is 7. The third-order valence-electron chi connectivity index (χ3n) is 9.39. The first-order valence-electron chi connectivity index (χ1n) is 14.2. The van der Waals surface area contributed by atoms with Crippen LogP contribution in [0.3, 0.4) is 0 Å². The molecular weight excluding hydrogens is 556 g/mol. The van der Waals surface area contributed by atoms with Crippen LogP contribution < -0.4 is 15.6 Å². The molecule has 12 heteroatoms. The third-order valence-corrected chi connectivity index (χ3v) is 9.39. The van der Waals surface area contributed by atoms with Crippen LogP contribution in [0.15, 0.2) is 35.5 Å². The number of anilines is 2. The Morgan fingerprint density at radius 3 is 2.65 bits per heavy atom. The van der Waals surface area contributed by atoms with Crippen molar-refractivity contribution in [2.75, 3.05) is 44.4 Å². The van der Waals surface area contributed by atoms with E-state index in [9.17, 15) is 19.1 Å². The number of carboxylic acids is 1. The fourth-order valence-electron chi connectivity index (χ4n) is 7.40. The lowest BCUT2D eigenvalue weighted by Gasteiger charge is -2.28. The summed E-state index contributed by atoms with van der Waals surface area (Å²) in [6, 6.07) is 3.15. The molecule has 10 nitrogen and oxygen atoms in total. The number of nitrogens with zero attached hydrogens (tertiary/aromatic N) is 5. The van der Waals surface area contributed by atoms with Gasteiger partial charge in [0.15, 0.2) is 11.6 Å². The van der Waals surface area contributed by atoms with Crippen LogP contribution in [0.5, 0.6) is 0 Å². The molecule has 2 fully saturated rings. The summed E-state index contributed by atoms with van der Waals surface area (Å²) in [6.07, 6.45) is 6.70. The van der Waals surface area contributed by atoms with Crippen molar-refractivity contribution in [1.29, 1.82) is 0 Å². The second-order valence-electron chi connectivity index (χ2n) is 11.9. The normalized spacial score (nSPS) is 20.2. The summed E-state index contributed by atoms with van der Waals surface area (Å²) in [6.45, 7) is 1.45. The summed E-state index contributed by atoms with van der Waals surface area (Å²) in [7, 11) is 7.46. The number of pyridine rings is 3. The Kier molecular flexibility index (Phi) is 6.17. The van der Waals surface area contributed by atoms with Crippen LogP contribution in [0.2, 0.25) is 0 Å². The first-order chi connectivity index (χ1) is 20.6. The summed E-state index contributed by atoms with van der Waals surface area (Å²) in [5.74, 6) is -2.44. The molecule has 3 atom stereocenters. The molecule has 222 valence electrons. The number of fused-ring (bicyclic) bond motifs is 5. The van der Waals surface area contributed by atoms with Gasteiger partial charge in [-0.3, -0.25) is 4.79 Å². The molecule has 3 N–H and O–H groups in total. The Labute approximate surface area is 244 Å². The SMILES string of the molecule is CNc1cc(F)c(F)c2c1[nH]c1ncc(-c3cnc4c(c3)c(=O)c(C(=O)O)cn4C)c(N3CC4CC[C@@H](N(C)C)C4C3)c12. The number of benzene rings is 1. The molecule has 4 aromatic heterocycles. The van der Waals surface area contributed by atoms with Crippen molar-refractivity contribution in [3.05, 3.63) is 58.1 Å². The van der Waals surface area contributed by atoms with Gasteiger partial charge >= 0.3 is 5.97 Å². The highest BCUT2D eigenvalue weighted by molar-refractivity contribution is 6.18. The van der Waals surface area contributed by atoms with E-state index in [4.69, 9.17) is 0 Å². The first kappa shape index (κ1) is 27.3. The zero-order chi connectivity index (χ0) is 30.3. The predicted octanol–water partition coefficient (Wildman–Crippen LogP) is 4.42. The van der Waals surface area contributed by atoms with Crippen LogP contribution >= 0.6 is 0 Å². The molecule has 7 rings (SSSR count). The lowest BCUT2D eigenvalue weighted by atomic mass is 9.97. The molecule has 43 heavy (non-hydrogen) atoms. The Balaban J connectivity index is 1.53. The molecular formula is C31H31F2N7O3. The number of aromatic amines is 1. The summed E-state index contributed by atoms with van der Waals surface area (Å²) < 4.78 is 32.2. The quantitative estimate of drug-likeness (QED) is 0.277. The lowest BCUT2D eigenvalue weighted by molar-refractivity contribution is 0.0695. The maximum Gasteiger partial charge on any atom is 0.341 e. The van der Waals surface area contributed by atoms with Gasteiger partial charge in [-0.25, -0.2) is 23.5 Å². The first-order valence-corrected chi connectivity index (χ1v) is 14.2. The fourth-order valence-corrected chi connectivity index (χ4v) is 7.40. The number of aryl methyl sites for hydroxylation is 1. The topological polar surface area (TPSA) is 119 Å². The summed E-state index contributed by atoms with van der Waals surface area (Å²) in [5, 5.41) is 13.3. The number of rotatable bonds is 5. The van der Waals surface area contributed by atoms with Gasteiger partial charge in [0, 0.05) is 69.0 Å². The highest BCUT2D eigenvalue weighted by Gasteiger charge is 2.44. The number of aromatic carboxylic acids is 1. The Morgan fingerprint density at radius 2 is 1.93 bits per heavy atom. The molecule has 1 aromatic carbocycles. The fraction of sp³-hybridized carbons (Fsp3) is 0.355. The standard InChI is InChI=1S/C31H31F2N7O3/c1-34-21-8-20(32)25(33)23-24-27(40-11-14-5-6-22(38(2)3)18(14)13-40)17(10-35-29(24)37-26(21)23)15-7-16-28(41)19(31(42)43)12-39(4)30(16)36-9-15/h7-10,12,14,18,22,34H,5-6,11,13H2,1-4H3,(H,35,37)(H,42,43)/t14?,18?,22-/m1/s1. The minimum Gasteiger partial charge on any atom is -0.477 e. The molecule has 5 aromatic rings. The van der Waals surface area contributed by atoms with Gasteiger partial charge in [0.05, 0.1) is 33.1 Å². The highest BCUT2D eigenvalue weighted by atomic mass is 19.2. The van der Waals surface area contributed by atoms with Gasteiger partial charge in [-0.1, -0.05) is 0 Å². The van der Waals surface area contributed by atoms with E-state index in [-0.39, 0.29) is 16.3 Å². The maximum absolute atomic E-state index is 15.7. The largest absolute Gasteiger partial charge is 0.477 e. The van der Waals surface area contributed by atoms with Crippen molar-refractivity contribution in [3.63, 3.8) is 0 Å². The second-order valence-corrected chi connectivity index (χ2v) is 11.9. The van der Waals surface area contributed by atoms with Crippen LogP contribution in [0.25, 0.3) is 44.1 Å². The average Bonchev–Trinajstić information content (AvgIpc) is 3.68. The van der Waals surface area contributed by atoms with Crippen LogP contribution in [-0.2, 0) is 7.05 Å². The van der Waals surface area contributed by atoms with E-state index in [1.54, 1.807) is 32.6 Å². The van der Waals surface area contributed by atoms with E-state index >= 15 is 4.39 Å². The van der Waals surface area contributed by atoms with Crippen molar-refractivity contribution >= 4 is 50.3 Å². The van der Waals surface area contributed by atoms with Gasteiger partial charge in [-0.2, -0.15) is 0 Å². The molecule has 1 aliphatic carbocycles. The summed E-state index contributed by atoms with van der Waals surface area (Å²) in [5.41, 5.74) is 2.35. The van der Waals surface area contributed by atoms with E-state index in [0.29, 0.717) is 69.1 Å². The molecule has 0 spiro atoms. The minimum absolute atomic E-state index is 0.0998. The smallest absolute Gasteiger partial charge is 0.341 e. The number of carbonyl (C=O) groups is 1. The zero-order valence-electron chi connectivity index (χ0n) is 24.2. The average molecular weight is 588 g/mol. The van der Waals surface area contributed by atoms with Crippen LogP contribution in [0, 0.1) is 23.5 Å². The lowest BCUT2D eigenvalue weighted by Crippen LogP contribution is -2.35. The van der Waals surface area contributed by atoms with Crippen LogP contribution in [-0.4, -0.2) is 75.8 Å². The Bertz CT molecular complexity index is 2040. The number of nitrogens with one attached hydrogen (secondary N) is 2. The Hall–Kier alpha value is -4.58. The number of aromatic nitrogens is 4. The van der Waals surface area contributed by atoms with E-state index in [2.05, 4.69) is 44.2 Å². The van der Waals surface area contributed by atoms with Gasteiger partial charge in [-0.05, 0) is 44.8 Å². The van der Waals surface area contributed by atoms with Gasteiger partial charge in [0.2, 0.25) is 5.43 Å². The molecule has 2 unspecified atom stereocenters. The third kappa shape index (κ3) is 3.99. The van der Waals surface area contributed by atoms with Gasteiger partial charge < -0.3 is 29.8 Å². The maximum atomic E-state index is 15.7. The highest BCUT2D eigenvalue weighted by Crippen LogP contribution is 2.48. The van der Waals surface area contributed by atoms with Gasteiger partial charge in [0.25, 0.3) is 0 Å². The van der Waals surface area contributed by atoms with Crippen molar-refractivity contribution < 1.29 is 18.7 Å². The van der Waals surface area contributed by atoms with E-state index in [0.717, 1.165) is 25.5 Å². The Morgan fingerprint density at radius 1 is 1.14 bits per heavy atom. The molecule has 0 radical (unpaired) electrons. The molecule has 0 amide bonds.